The van der Waals surface area contributed by atoms with Crippen molar-refractivity contribution in [3.63, 3.8) is 0 Å². The summed E-state index contributed by atoms with van der Waals surface area (Å²) >= 11 is 1.65. The van der Waals surface area contributed by atoms with Gasteiger partial charge in [0, 0.05) is 11.4 Å². The molecule has 0 aliphatic rings. The van der Waals surface area contributed by atoms with Crippen molar-refractivity contribution in [3.8, 4) is 0 Å². The summed E-state index contributed by atoms with van der Waals surface area (Å²) in [6, 6.07) is 3.93. The van der Waals surface area contributed by atoms with E-state index >= 15 is 0 Å². The van der Waals surface area contributed by atoms with Crippen LogP contribution in [0.1, 0.15) is 31.6 Å². The quantitative estimate of drug-likeness (QED) is 0.737. The van der Waals surface area contributed by atoms with Crippen LogP contribution in [-0.4, -0.2) is 12.6 Å². The van der Waals surface area contributed by atoms with E-state index in [1.54, 1.807) is 11.3 Å². The molecule has 3 nitrogen and oxygen atoms in total. The summed E-state index contributed by atoms with van der Waals surface area (Å²) in [6.45, 7) is 5.76. The van der Waals surface area contributed by atoms with E-state index in [4.69, 9.17) is 0 Å². The zero-order chi connectivity index (χ0) is 11.8. The van der Waals surface area contributed by atoms with E-state index in [0.29, 0.717) is 12.5 Å². The van der Waals surface area contributed by atoms with Crippen molar-refractivity contribution < 1.29 is 4.79 Å². The van der Waals surface area contributed by atoms with Crippen molar-refractivity contribution in [2.24, 2.45) is 5.92 Å². The number of rotatable bonds is 6. The van der Waals surface area contributed by atoms with Crippen molar-refractivity contribution >= 4 is 17.4 Å². The normalized spacial score (nSPS) is 10.4. The van der Waals surface area contributed by atoms with Crippen molar-refractivity contribution in [2.45, 2.75) is 33.2 Å². The Bertz CT molecular complexity index is 296. The Hall–Kier alpha value is -1.03. The molecule has 4 heteroatoms. The molecule has 1 aromatic rings. The van der Waals surface area contributed by atoms with Crippen LogP contribution in [0.5, 0.6) is 0 Å². The van der Waals surface area contributed by atoms with Gasteiger partial charge in [-0.1, -0.05) is 19.9 Å². The Kier molecular flexibility index (Phi) is 5.93. The number of nitrogens with one attached hydrogen (secondary N) is 2. The minimum absolute atomic E-state index is 0.0721. The van der Waals surface area contributed by atoms with Crippen LogP contribution in [0.15, 0.2) is 17.5 Å². The first kappa shape index (κ1) is 13.0. The molecular weight excluding hydrogens is 220 g/mol. The fraction of sp³-hybridized carbons (Fsp3) is 0.583. The molecule has 90 valence electrons. The molecule has 0 atom stereocenters. The van der Waals surface area contributed by atoms with Gasteiger partial charge in [-0.25, -0.2) is 4.79 Å². The Morgan fingerprint density at radius 2 is 2.25 bits per heavy atom. The van der Waals surface area contributed by atoms with Gasteiger partial charge in [0.15, 0.2) is 0 Å². The first-order valence-electron chi connectivity index (χ1n) is 5.72. The van der Waals surface area contributed by atoms with E-state index < -0.39 is 0 Å². The molecule has 0 saturated carbocycles. The zero-order valence-corrected chi connectivity index (χ0v) is 10.8. The van der Waals surface area contributed by atoms with Crippen LogP contribution in [0.3, 0.4) is 0 Å². The number of hydrogen-bond donors (Lipinski definition) is 2. The Labute approximate surface area is 101 Å². The van der Waals surface area contributed by atoms with Crippen LogP contribution in [0, 0.1) is 5.92 Å². The van der Waals surface area contributed by atoms with Gasteiger partial charge in [-0.2, -0.15) is 0 Å². The second-order valence-corrected chi connectivity index (χ2v) is 5.26. The molecule has 0 aliphatic heterocycles. The molecule has 0 radical (unpaired) electrons. The van der Waals surface area contributed by atoms with Crippen LogP contribution in [0.4, 0.5) is 4.79 Å². The van der Waals surface area contributed by atoms with Gasteiger partial charge in [-0.3, -0.25) is 0 Å². The second kappa shape index (κ2) is 7.28. The summed E-state index contributed by atoms with van der Waals surface area (Å²) in [5.74, 6) is 0.705. The topological polar surface area (TPSA) is 41.1 Å². The smallest absolute Gasteiger partial charge is 0.315 e. The van der Waals surface area contributed by atoms with Crippen molar-refractivity contribution in [2.75, 3.05) is 6.54 Å². The van der Waals surface area contributed by atoms with E-state index in [0.717, 1.165) is 19.4 Å². The Balaban J connectivity index is 2.03. The lowest BCUT2D eigenvalue weighted by Crippen LogP contribution is -2.35. The fourth-order valence-electron chi connectivity index (χ4n) is 1.36. The van der Waals surface area contributed by atoms with Gasteiger partial charge in [0.1, 0.15) is 0 Å². The summed E-state index contributed by atoms with van der Waals surface area (Å²) in [6.07, 6.45) is 2.20. The molecule has 0 fully saturated rings. The van der Waals surface area contributed by atoms with Crippen molar-refractivity contribution in [1.29, 1.82) is 0 Å². The zero-order valence-electron chi connectivity index (χ0n) is 9.95. The number of hydrogen-bond acceptors (Lipinski definition) is 2. The molecule has 2 amide bonds. The third-order valence-corrected chi connectivity index (χ3v) is 3.12. The first-order chi connectivity index (χ1) is 7.68. The van der Waals surface area contributed by atoms with Gasteiger partial charge < -0.3 is 10.6 Å². The van der Waals surface area contributed by atoms with Crippen LogP contribution in [0.2, 0.25) is 0 Å². The average Bonchev–Trinajstić information content (AvgIpc) is 2.74. The molecule has 0 aromatic carbocycles. The maximum atomic E-state index is 11.4. The summed E-state index contributed by atoms with van der Waals surface area (Å²) < 4.78 is 0. The molecule has 16 heavy (non-hydrogen) atoms. The standard InChI is InChI=1S/C12H20N2OS/c1-10(2)5-3-7-13-12(15)14-9-11-6-4-8-16-11/h4,6,8,10H,3,5,7,9H2,1-2H3,(H2,13,14,15). The molecule has 1 rings (SSSR count). The summed E-state index contributed by atoms with van der Waals surface area (Å²) in [5.41, 5.74) is 0. The Morgan fingerprint density at radius 1 is 1.44 bits per heavy atom. The van der Waals surface area contributed by atoms with Gasteiger partial charge in [-0.05, 0) is 30.2 Å². The maximum Gasteiger partial charge on any atom is 0.315 e. The predicted molar refractivity (Wildman–Crippen MR) is 68.6 cm³/mol. The van der Waals surface area contributed by atoms with Gasteiger partial charge >= 0.3 is 6.03 Å². The first-order valence-corrected chi connectivity index (χ1v) is 6.60. The van der Waals surface area contributed by atoms with E-state index in [-0.39, 0.29) is 6.03 Å². The highest BCUT2D eigenvalue weighted by Gasteiger charge is 2.00. The monoisotopic (exact) mass is 240 g/mol. The molecule has 0 saturated heterocycles. The van der Waals surface area contributed by atoms with Gasteiger partial charge in [0.05, 0.1) is 6.54 Å². The van der Waals surface area contributed by atoms with Crippen LogP contribution >= 0.6 is 11.3 Å². The molecule has 0 spiro atoms. The third kappa shape index (κ3) is 5.75. The van der Waals surface area contributed by atoms with Gasteiger partial charge in [0.25, 0.3) is 0 Å². The SMILES string of the molecule is CC(C)CCCNC(=O)NCc1cccs1. The maximum absolute atomic E-state index is 11.4. The van der Waals surface area contributed by atoms with Gasteiger partial charge in [-0.15, -0.1) is 11.3 Å². The molecule has 0 aliphatic carbocycles. The average molecular weight is 240 g/mol. The lowest BCUT2D eigenvalue weighted by molar-refractivity contribution is 0.240. The molecule has 2 N–H and O–H groups in total. The number of urea groups is 1. The van der Waals surface area contributed by atoms with E-state index in [9.17, 15) is 4.79 Å². The summed E-state index contributed by atoms with van der Waals surface area (Å²) in [7, 11) is 0. The highest BCUT2D eigenvalue weighted by molar-refractivity contribution is 7.09. The van der Waals surface area contributed by atoms with E-state index in [1.165, 1.54) is 4.88 Å². The molecule has 1 aromatic heterocycles. The number of carbonyl (C=O) groups is 1. The van der Waals surface area contributed by atoms with Crippen molar-refractivity contribution in [3.05, 3.63) is 22.4 Å². The van der Waals surface area contributed by atoms with E-state index in [1.807, 2.05) is 17.5 Å². The second-order valence-electron chi connectivity index (χ2n) is 4.22. The number of thiophene rings is 1. The van der Waals surface area contributed by atoms with Crippen LogP contribution < -0.4 is 10.6 Å². The van der Waals surface area contributed by atoms with Crippen molar-refractivity contribution in [1.82, 2.24) is 10.6 Å². The molecule has 1 heterocycles. The number of amides is 2. The van der Waals surface area contributed by atoms with Gasteiger partial charge in [0.2, 0.25) is 0 Å². The lowest BCUT2D eigenvalue weighted by Gasteiger charge is -2.07. The minimum Gasteiger partial charge on any atom is -0.338 e. The fourth-order valence-corrected chi connectivity index (χ4v) is 2.00. The predicted octanol–water partition coefficient (Wildman–Crippen LogP) is 2.98. The summed E-state index contributed by atoms with van der Waals surface area (Å²) in [5, 5.41) is 7.70. The molecule has 0 unspecified atom stereocenters. The van der Waals surface area contributed by atoms with Crippen LogP contribution in [0.25, 0.3) is 0 Å². The number of carbonyl (C=O) groups excluding carboxylic acids is 1. The largest absolute Gasteiger partial charge is 0.338 e. The third-order valence-electron chi connectivity index (χ3n) is 2.25. The highest BCUT2D eigenvalue weighted by Crippen LogP contribution is 2.07. The Morgan fingerprint density at radius 3 is 2.88 bits per heavy atom. The van der Waals surface area contributed by atoms with Crippen LogP contribution in [-0.2, 0) is 6.54 Å². The van der Waals surface area contributed by atoms with E-state index in [2.05, 4.69) is 24.5 Å². The molecule has 0 bridgehead atoms. The molecular formula is C12H20N2OS. The lowest BCUT2D eigenvalue weighted by atomic mass is 10.1. The highest BCUT2D eigenvalue weighted by atomic mass is 32.1. The minimum atomic E-state index is -0.0721. The summed E-state index contributed by atoms with van der Waals surface area (Å²) in [4.78, 5) is 12.5.